The Kier molecular flexibility index (Phi) is 5.91. The number of fused-ring (bicyclic) bond motifs is 1. The maximum atomic E-state index is 12.9. The molecule has 1 aliphatic rings. The number of anilines is 1. The number of carboxylic acids is 1. The number of carbonyl (C=O) groups excluding carboxylic acids is 1. The lowest BCUT2D eigenvalue weighted by Gasteiger charge is -2.29. The molecule has 0 saturated carbocycles. The smallest absolute Gasteiger partial charge is 0.341 e. The van der Waals surface area contributed by atoms with Crippen LogP contribution in [0.4, 0.5) is 5.69 Å². The zero-order valence-corrected chi connectivity index (χ0v) is 17.6. The fourth-order valence-corrected chi connectivity index (χ4v) is 4.01. The van der Waals surface area contributed by atoms with Crippen LogP contribution in [0.15, 0.2) is 54.9 Å². The Labute approximate surface area is 184 Å². The molecule has 32 heavy (non-hydrogen) atoms. The SMILES string of the molecule is CN(CC1(O)CCN(c2ccnc3cccnc23)C1)C(=O)c1cccc(OCC(=O)O)c1. The van der Waals surface area contributed by atoms with Crippen LogP contribution in [0.25, 0.3) is 11.0 Å². The second-order valence-corrected chi connectivity index (χ2v) is 7.97. The third kappa shape index (κ3) is 4.62. The molecule has 9 nitrogen and oxygen atoms in total. The standard InChI is InChI=1S/C23H24N4O5/c1-26(22(30)16-4-2-5-17(12-16)32-13-20(28)29)14-23(31)8-11-27(15-23)19-7-10-24-18-6-3-9-25-21(18)19/h2-7,9-10,12,31H,8,11,13-15H2,1H3,(H,28,29). The normalized spacial score (nSPS) is 18.0. The molecule has 0 spiro atoms. The number of rotatable bonds is 7. The van der Waals surface area contributed by atoms with Crippen molar-refractivity contribution in [2.24, 2.45) is 0 Å². The molecule has 1 atom stereocenters. The van der Waals surface area contributed by atoms with Gasteiger partial charge in [0.25, 0.3) is 5.91 Å². The highest BCUT2D eigenvalue weighted by Crippen LogP contribution is 2.31. The number of carboxylic acid groups (broad SMARTS) is 1. The number of amides is 1. The number of benzene rings is 1. The maximum Gasteiger partial charge on any atom is 0.341 e. The molecule has 1 amide bonds. The number of likely N-dealkylation sites (N-methyl/N-ethyl adjacent to an activating group) is 1. The molecule has 9 heteroatoms. The number of carbonyl (C=O) groups is 2. The molecule has 4 rings (SSSR count). The van der Waals surface area contributed by atoms with Gasteiger partial charge in [-0.1, -0.05) is 6.07 Å². The number of aromatic nitrogens is 2. The van der Waals surface area contributed by atoms with E-state index in [9.17, 15) is 14.7 Å². The van der Waals surface area contributed by atoms with Gasteiger partial charge in [-0.25, -0.2) is 4.79 Å². The number of β-amino-alcohol motifs (C(OH)–C–C–N with tert-alkyl or cyclic N) is 1. The zero-order chi connectivity index (χ0) is 22.7. The average molecular weight is 436 g/mol. The van der Waals surface area contributed by atoms with Crippen molar-refractivity contribution in [3.8, 4) is 5.75 Å². The molecule has 2 N–H and O–H groups in total. The Morgan fingerprint density at radius 1 is 1.19 bits per heavy atom. The minimum Gasteiger partial charge on any atom is -0.482 e. The van der Waals surface area contributed by atoms with E-state index in [-0.39, 0.29) is 12.5 Å². The molecule has 3 aromatic rings. The Morgan fingerprint density at radius 3 is 2.84 bits per heavy atom. The molecule has 166 valence electrons. The van der Waals surface area contributed by atoms with Crippen molar-refractivity contribution in [3.05, 3.63) is 60.4 Å². The Hall–Kier alpha value is -3.72. The first-order valence-corrected chi connectivity index (χ1v) is 10.2. The van der Waals surface area contributed by atoms with Crippen molar-refractivity contribution in [2.75, 3.05) is 38.2 Å². The summed E-state index contributed by atoms with van der Waals surface area (Å²) in [5.74, 6) is -1.08. The minimum atomic E-state index is -1.09. The third-order valence-corrected chi connectivity index (χ3v) is 5.47. The third-order valence-electron chi connectivity index (χ3n) is 5.47. The molecule has 1 aromatic carbocycles. The number of aliphatic carboxylic acids is 1. The summed E-state index contributed by atoms with van der Waals surface area (Å²) in [5, 5.41) is 20.0. The van der Waals surface area contributed by atoms with Gasteiger partial charge in [-0.15, -0.1) is 0 Å². The average Bonchev–Trinajstić information content (AvgIpc) is 3.18. The van der Waals surface area contributed by atoms with Crippen LogP contribution in [0.1, 0.15) is 16.8 Å². The van der Waals surface area contributed by atoms with Crippen LogP contribution in [-0.2, 0) is 4.79 Å². The number of nitrogens with zero attached hydrogens (tertiary/aromatic N) is 4. The van der Waals surface area contributed by atoms with Gasteiger partial charge in [0.2, 0.25) is 0 Å². The van der Waals surface area contributed by atoms with Crippen LogP contribution in [0, 0.1) is 0 Å². The summed E-state index contributed by atoms with van der Waals surface area (Å²) in [5.41, 5.74) is 1.76. The summed E-state index contributed by atoms with van der Waals surface area (Å²) < 4.78 is 5.15. The van der Waals surface area contributed by atoms with E-state index in [4.69, 9.17) is 9.84 Å². The first-order valence-electron chi connectivity index (χ1n) is 10.2. The molecule has 0 bridgehead atoms. The van der Waals surface area contributed by atoms with E-state index in [1.807, 2.05) is 18.2 Å². The Morgan fingerprint density at radius 2 is 2.03 bits per heavy atom. The lowest BCUT2D eigenvalue weighted by molar-refractivity contribution is -0.139. The molecule has 1 fully saturated rings. The van der Waals surface area contributed by atoms with Crippen molar-refractivity contribution in [1.29, 1.82) is 0 Å². The van der Waals surface area contributed by atoms with E-state index in [0.29, 0.717) is 30.8 Å². The van der Waals surface area contributed by atoms with E-state index in [0.717, 1.165) is 16.7 Å². The maximum absolute atomic E-state index is 12.9. The van der Waals surface area contributed by atoms with E-state index in [2.05, 4.69) is 14.9 Å². The van der Waals surface area contributed by atoms with Crippen LogP contribution in [0.3, 0.4) is 0 Å². The molecule has 0 aliphatic carbocycles. The second-order valence-electron chi connectivity index (χ2n) is 7.97. The lowest BCUT2D eigenvalue weighted by atomic mass is 10.0. The van der Waals surface area contributed by atoms with Crippen molar-refractivity contribution in [3.63, 3.8) is 0 Å². The Balaban J connectivity index is 1.44. The van der Waals surface area contributed by atoms with Crippen LogP contribution in [-0.4, -0.2) is 75.8 Å². The van der Waals surface area contributed by atoms with E-state index in [1.54, 1.807) is 37.6 Å². The largest absolute Gasteiger partial charge is 0.482 e. The van der Waals surface area contributed by atoms with Gasteiger partial charge < -0.3 is 24.7 Å². The summed E-state index contributed by atoms with van der Waals surface area (Å²) in [4.78, 5) is 35.9. The summed E-state index contributed by atoms with van der Waals surface area (Å²) in [6, 6.07) is 12.0. The van der Waals surface area contributed by atoms with E-state index >= 15 is 0 Å². The van der Waals surface area contributed by atoms with Crippen LogP contribution < -0.4 is 9.64 Å². The van der Waals surface area contributed by atoms with Gasteiger partial charge in [-0.2, -0.15) is 0 Å². The molecule has 1 aliphatic heterocycles. The van der Waals surface area contributed by atoms with E-state index in [1.165, 1.54) is 11.0 Å². The molecular weight excluding hydrogens is 412 g/mol. The van der Waals surface area contributed by atoms with Gasteiger partial charge in [0, 0.05) is 38.1 Å². The van der Waals surface area contributed by atoms with Crippen molar-refractivity contribution in [2.45, 2.75) is 12.0 Å². The Bertz CT molecular complexity index is 1150. The van der Waals surface area contributed by atoms with Gasteiger partial charge in [0.1, 0.15) is 16.9 Å². The van der Waals surface area contributed by atoms with Gasteiger partial charge in [0.15, 0.2) is 6.61 Å². The van der Waals surface area contributed by atoms with Gasteiger partial charge in [0.05, 0.1) is 17.7 Å². The summed E-state index contributed by atoms with van der Waals surface area (Å²) in [6.07, 6.45) is 3.95. The summed E-state index contributed by atoms with van der Waals surface area (Å²) >= 11 is 0. The van der Waals surface area contributed by atoms with Crippen molar-refractivity contribution in [1.82, 2.24) is 14.9 Å². The highest BCUT2D eigenvalue weighted by atomic mass is 16.5. The molecular formula is C23H24N4O5. The fourth-order valence-electron chi connectivity index (χ4n) is 4.01. The highest BCUT2D eigenvalue weighted by molar-refractivity contribution is 5.94. The van der Waals surface area contributed by atoms with Crippen LogP contribution in [0.2, 0.25) is 0 Å². The number of aliphatic hydroxyl groups is 1. The van der Waals surface area contributed by atoms with Crippen molar-refractivity contribution >= 4 is 28.6 Å². The van der Waals surface area contributed by atoms with Crippen LogP contribution in [0.5, 0.6) is 5.75 Å². The monoisotopic (exact) mass is 436 g/mol. The summed E-state index contributed by atoms with van der Waals surface area (Å²) in [7, 11) is 1.64. The number of ether oxygens (including phenoxy) is 1. The topological polar surface area (TPSA) is 116 Å². The predicted octanol–water partition coefficient (Wildman–Crippen LogP) is 1.81. The second kappa shape index (κ2) is 8.80. The number of hydrogen-bond donors (Lipinski definition) is 2. The molecule has 0 radical (unpaired) electrons. The van der Waals surface area contributed by atoms with Gasteiger partial charge in [-0.3, -0.25) is 14.8 Å². The fraction of sp³-hybridized carbons (Fsp3) is 0.304. The molecule has 1 unspecified atom stereocenters. The quantitative estimate of drug-likeness (QED) is 0.576. The van der Waals surface area contributed by atoms with Gasteiger partial charge >= 0.3 is 5.97 Å². The number of pyridine rings is 2. The lowest BCUT2D eigenvalue weighted by Crippen LogP contribution is -2.45. The van der Waals surface area contributed by atoms with Crippen molar-refractivity contribution < 1.29 is 24.5 Å². The zero-order valence-electron chi connectivity index (χ0n) is 17.6. The van der Waals surface area contributed by atoms with Gasteiger partial charge in [-0.05, 0) is 42.8 Å². The number of hydrogen-bond acceptors (Lipinski definition) is 7. The van der Waals surface area contributed by atoms with E-state index < -0.39 is 18.2 Å². The predicted molar refractivity (Wildman–Crippen MR) is 118 cm³/mol. The highest BCUT2D eigenvalue weighted by Gasteiger charge is 2.38. The van der Waals surface area contributed by atoms with Crippen LogP contribution >= 0.6 is 0 Å². The summed E-state index contributed by atoms with van der Waals surface area (Å²) in [6.45, 7) is 0.662. The minimum absolute atomic E-state index is 0.152. The first-order chi connectivity index (χ1) is 15.3. The molecule has 3 heterocycles. The molecule has 2 aromatic heterocycles. The first kappa shape index (κ1) is 21.5. The molecule has 1 saturated heterocycles.